The SMILES string of the molecule is CN(CC#N)CC(=O)Nc1ccc(Cl)cc1C(=O)c1ccccc1. The molecule has 2 rings (SSSR count). The fraction of sp³-hybridized carbons (Fsp3) is 0.167. The standard InChI is InChI=1S/C18H16ClN3O2/c1-22(10-9-20)12-17(23)21-16-8-7-14(19)11-15(16)18(24)13-5-3-2-4-6-13/h2-8,11H,10,12H2,1H3,(H,21,23). The quantitative estimate of drug-likeness (QED) is 0.647. The Morgan fingerprint density at radius 3 is 2.58 bits per heavy atom. The van der Waals surface area contributed by atoms with Gasteiger partial charge in [-0.15, -0.1) is 0 Å². The molecule has 0 aliphatic rings. The van der Waals surface area contributed by atoms with Gasteiger partial charge in [0.15, 0.2) is 5.78 Å². The maximum absolute atomic E-state index is 12.7. The Morgan fingerprint density at radius 2 is 1.92 bits per heavy atom. The molecule has 0 aliphatic heterocycles. The largest absolute Gasteiger partial charge is 0.324 e. The summed E-state index contributed by atoms with van der Waals surface area (Å²) in [5, 5.41) is 11.7. The number of nitrogens with one attached hydrogen (secondary N) is 1. The van der Waals surface area contributed by atoms with E-state index in [0.29, 0.717) is 21.8 Å². The van der Waals surface area contributed by atoms with Crippen LogP contribution in [0.4, 0.5) is 5.69 Å². The zero-order chi connectivity index (χ0) is 17.5. The van der Waals surface area contributed by atoms with Gasteiger partial charge in [-0.2, -0.15) is 5.26 Å². The number of rotatable bonds is 6. The number of anilines is 1. The number of benzene rings is 2. The Morgan fingerprint density at radius 1 is 1.21 bits per heavy atom. The Balaban J connectivity index is 2.24. The summed E-state index contributed by atoms with van der Waals surface area (Å²) in [7, 11) is 1.67. The van der Waals surface area contributed by atoms with Crippen molar-refractivity contribution in [1.29, 1.82) is 5.26 Å². The second kappa shape index (κ2) is 8.25. The topological polar surface area (TPSA) is 73.2 Å². The highest BCUT2D eigenvalue weighted by atomic mass is 35.5. The van der Waals surface area contributed by atoms with E-state index < -0.39 is 0 Å². The van der Waals surface area contributed by atoms with Crippen LogP contribution in [0.1, 0.15) is 15.9 Å². The summed E-state index contributed by atoms with van der Waals surface area (Å²) in [6.45, 7) is 0.193. The molecule has 0 unspecified atom stereocenters. The summed E-state index contributed by atoms with van der Waals surface area (Å²) >= 11 is 6.00. The van der Waals surface area contributed by atoms with Crippen molar-refractivity contribution >= 4 is 29.0 Å². The van der Waals surface area contributed by atoms with Gasteiger partial charge in [-0.1, -0.05) is 41.9 Å². The number of halogens is 1. The van der Waals surface area contributed by atoms with Crippen molar-refractivity contribution in [1.82, 2.24) is 4.90 Å². The van der Waals surface area contributed by atoms with Crippen molar-refractivity contribution in [3.8, 4) is 6.07 Å². The first-order valence-electron chi connectivity index (χ1n) is 7.26. The van der Waals surface area contributed by atoms with E-state index in [1.54, 1.807) is 48.3 Å². The number of hydrogen-bond donors (Lipinski definition) is 1. The van der Waals surface area contributed by atoms with Gasteiger partial charge in [-0.05, 0) is 25.2 Å². The molecule has 0 atom stereocenters. The summed E-state index contributed by atoms with van der Waals surface area (Å²) < 4.78 is 0. The lowest BCUT2D eigenvalue weighted by atomic mass is 10.0. The minimum Gasteiger partial charge on any atom is -0.324 e. The molecular weight excluding hydrogens is 326 g/mol. The molecule has 0 aliphatic carbocycles. The van der Waals surface area contributed by atoms with Crippen LogP contribution >= 0.6 is 11.6 Å². The van der Waals surface area contributed by atoms with Gasteiger partial charge < -0.3 is 5.32 Å². The van der Waals surface area contributed by atoms with Gasteiger partial charge in [-0.3, -0.25) is 14.5 Å². The van der Waals surface area contributed by atoms with Gasteiger partial charge in [-0.25, -0.2) is 0 Å². The van der Waals surface area contributed by atoms with Crippen LogP contribution in [0.5, 0.6) is 0 Å². The van der Waals surface area contributed by atoms with Crippen molar-refractivity contribution < 1.29 is 9.59 Å². The number of hydrogen-bond acceptors (Lipinski definition) is 4. The van der Waals surface area contributed by atoms with Crippen molar-refractivity contribution in [3.63, 3.8) is 0 Å². The van der Waals surface area contributed by atoms with Crippen LogP contribution in [0.15, 0.2) is 48.5 Å². The number of nitrogens with zero attached hydrogens (tertiary/aromatic N) is 2. The van der Waals surface area contributed by atoms with Crippen LogP contribution in [-0.2, 0) is 4.79 Å². The maximum atomic E-state index is 12.7. The Hall–Kier alpha value is -2.68. The van der Waals surface area contributed by atoms with Crippen LogP contribution in [0.25, 0.3) is 0 Å². The molecule has 1 amide bonds. The first kappa shape index (κ1) is 17.7. The fourth-order valence-corrected chi connectivity index (χ4v) is 2.34. The lowest BCUT2D eigenvalue weighted by molar-refractivity contribution is -0.116. The zero-order valence-electron chi connectivity index (χ0n) is 13.1. The van der Waals surface area contributed by atoms with Crippen molar-refractivity contribution in [2.45, 2.75) is 0 Å². The summed E-state index contributed by atoms with van der Waals surface area (Å²) in [5.41, 5.74) is 1.23. The van der Waals surface area contributed by atoms with Crippen LogP contribution in [-0.4, -0.2) is 36.7 Å². The van der Waals surface area contributed by atoms with Gasteiger partial charge in [0.1, 0.15) is 0 Å². The number of amides is 1. The number of nitriles is 1. The lowest BCUT2D eigenvalue weighted by Crippen LogP contribution is -2.30. The number of carbonyl (C=O) groups excluding carboxylic acids is 2. The van der Waals surface area contributed by atoms with E-state index in [-0.39, 0.29) is 24.8 Å². The monoisotopic (exact) mass is 341 g/mol. The Kier molecular flexibility index (Phi) is 6.07. The van der Waals surface area contributed by atoms with Crippen molar-refractivity contribution in [2.24, 2.45) is 0 Å². The fourth-order valence-electron chi connectivity index (χ4n) is 2.17. The second-order valence-electron chi connectivity index (χ2n) is 5.26. The minimum absolute atomic E-state index is 0.0507. The third kappa shape index (κ3) is 4.66. The molecule has 6 heteroatoms. The number of carbonyl (C=O) groups is 2. The van der Waals surface area contributed by atoms with Gasteiger partial charge in [0.05, 0.1) is 24.8 Å². The summed E-state index contributed by atoms with van der Waals surface area (Å²) in [4.78, 5) is 26.3. The molecule has 24 heavy (non-hydrogen) atoms. The van der Waals surface area contributed by atoms with E-state index in [2.05, 4.69) is 5.32 Å². The molecule has 0 saturated carbocycles. The van der Waals surface area contributed by atoms with E-state index in [0.717, 1.165) is 0 Å². The predicted molar refractivity (Wildman–Crippen MR) is 93.1 cm³/mol. The van der Waals surface area contributed by atoms with Crippen molar-refractivity contribution in [3.05, 3.63) is 64.7 Å². The molecule has 2 aromatic carbocycles. The third-order valence-corrected chi connectivity index (χ3v) is 3.53. The Bertz CT molecular complexity index is 785. The average Bonchev–Trinajstić information content (AvgIpc) is 2.56. The first-order valence-corrected chi connectivity index (χ1v) is 7.63. The summed E-state index contributed by atoms with van der Waals surface area (Å²) in [5.74, 6) is -0.532. The first-order chi connectivity index (χ1) is 11.5. The third-order valence-electron chi connectivity index (χ3n) is 3.29. The highest BCUT2D eigenvalue weighted by molar-refractivity contribution is 6.31. The molecule has 5 nitrogen and oxygen atoms in total. The molecule has 1 N–H and O–H groups in total. The van der Waals surface area contributed by atoms with Crippen LogP contribution < -0.4 is 5.32 Å². The predicted octanol–water partition coefficient (Wildman–Crippen LogP) is 2.96. The molecule has 0 saturated heterocycles. The number of ketones is 1. The molecule has 0 heterocycles. The molecule has 0 radical (unpaired) electrons. The van der Waals surface area contributed by atoms with Crippen molar-refractivity contribution in [2.75, 3.05) is 25.5 Å². The van der Waals surface area contributed by atoms with Gasteiger partial charge in [0.2, 0.25) is 5.91 Å². The summed E-state index contributed by atoms with van der Waals surface area (Å²) in [6.07, 6.45) is 0. The summed E-state index contributed by atoms with van der Waals surface area (Å²) in [6, 6.07) is 15.5. The normalized spacial score (nSPS) is 10.2. The second-order valence-corrected chi connectivity index (χ2v) is 5.70. The van der Waals surface area contributed by atoms with E-state index in [9.17, 15) is 9.59 Å². The van der Waals surface area contributed by atoms with Crippen LogP contribution in [0, 0.1) is 11.3 Å². The molecule has 0 fully saturated rings. The Labute approximate surface area is 145 Å². The lowest BCUT2D eigenvalue weighted by Gasteiger charge is -2.14. The van der Waals surface area contributed by atoms with Crippen LogP contribution in [0.3, 0.4) is 0 Å². The van der Waals surface area contributed by atoms with E-state index in [1.165, 1.54) is 6.07 Å². The average molecular weight is 342 g/mol. The highest BCUT2D eigenvalue weighted by Crippen LogP contribution is 2.23. The van der Waals surface area contributed by atoms with Gasteiger partial charge in [0.25, 0.3) is 0 Å². The highest BCUT2D eigenvalue weighted by Gasteiger charge is 2.16. The molecule has 2 aromatic rings. The number of likely N-dealkylation sites (N-methyl/N-ethyl adjacent to an activating group) is 1. The van der Waals surface area contributed by atoms with E-state index >= 15 is 0 Å². The van der Waals surface area contributed by atoms with Crippen LogP contribution in [0.2, 0.25) is 5.02 Å². The molecule has 0 spiro atoms. The maximum Gasteiger partial charge on any atom is 0.238 e. The van der Waals surface area contributed by atoms with E-state index in [4.69, 9.17) is 16.9 Å². The van der Waals surface area contributed by atoms with E-state index in [1.807, 2.05) is 12.1 Å². The zero-order valence-corrected chi connectivity index (χ0v) is 13.9. The van der Waals surface area contributed by atoms with Gasteiger partial charge >= 0.3 is 0 Å². The molecule has 122 valence electrons. The molecule has 0 bridgehead atoms. The molecular formula is C18H16ClN3O2. The minimum atomic E-state index is -0.308. The van der Waals surface area contributed by atoms with Gasteiger partial charge in [0, 0.05) is 16.1 Å². The smallest absolute Gasteiger partial charge is 0.238 e. The molecule has 0 aromatic heterocycles.